The molecule has 0 heterocycles. The molecule has 1 aromatic carbocycles. The molecule has 0 aliphatic carbocycles. The van der Waals surface area contributed by atoms with Gasteiger partial charge in [0.15, 0.2) is 0 Å². The molecule has 0 radical (unpaired) electrons. The van der Waals surface area contributed by atoms with Gasteiger partial charge in [-0.2, -0.15) is 5.26 Å². The summed E-state index contributed by atoms with van der Waals surface area (Å²) < 4.78 is 0. The Bertz CT molecular complexity index is 383. The second-order valence-electron chi connectivity index (χ2n) is 3.76. The van der Waals surface area contributed by atoms with Crippen LogP contribution in [0.4, 0.5) is 0 Å². The molecule has 1 amide bonds. The van der Waals surface area contributed by atoms with Crippen molar-refractivity contribution in [3.63, 3.8) is 0 Å². The number of carbonyl (C=O) groups excluding carboxylic acids is 1. The fraction of sp³-hybridized carbons (Fsp3) is 0.333. The molecule has 0 aliphatic rings. The lowest BCUT2D eigenvalue weighted by atomic mass is 10.0. The summed E-state index contributed by atoms with van der Waals surface area (Å²) >= 11 is 0. The number of nitriles is 1. The molecule has 1 rings (SSSR count). The Kier molecular flexibility index (Phi) is 4.49. The molecule has 0 spiro atoms. The third-order valence-electron chi connectivity index (χ3n) is 2.28. The first-order valence-electron chi connectivity index (χ1n) is 5.05. The van der Waals surface area contributed by atoms with Gasteiger partial charge in [-0.15, -0.1) is 0 Å². The molecule has 1 aromatic rings. The zero-order chi connectivity index (χ0) is 12.0. The van der Waals surface area contributed by atoms with E-state index in [1.807, 2.05) is 30.3 Å². The van der Waals surface area contributed by atoms with E-state index in [1.54, 1.807) is 11.9 Å². The summed E-state index contributed by atoms with van der Waals surface area (Å²) in [6, 6.07) is 11.7. The van der Waals surface area contributed by atoms with Gasteiger partial charge in [0.25, 0.3) is 0 Å². The molecular weight excluding hydrogens is 202 g/mol. The van der Waals surface area contributed by atoms with Crippen LogP contribution in [0, 0.1) is 11.3 Å². The van der Waals surface area contributed by atoms with Crippen LogP contribution in [0.2, 0.25) is 0 Å². The number of nitrogens with two attached hydrogens (primary N) is 1. The van der Waals surface area contributed by atoms with E-state index < -0.39 is 0 Å². The number of hydrogen-bond donors (Lipinski definition) is 1. The van der Waals surface area contributed by atoms with Crippen LogP contribution >= 0.6 is 0 Å². The van der Waals surface area contributed by atoms with E-state index in [4.69, 9.17) is 11.0 Å². The van der Waals surface area contributed by atoms with Crippen molar-refractivity contribution in [2.24, 2.45) is 5.73 Å². The van der Waals surface area contributed by atoms with E-state index in [0.29, 0.717) is 6.54 Å². The van der Waals surface area contributed by atoms with Crippen LogP contribution in [0.15, 0.2) is 30.3 Å². The van der Waals surface area contributed by atoms with E-state index in [2.05, 4.69) is 6.07 Å². The van der Waals surface area contributed by atoms with Crippen LogP contribution in [0.25, 0.3) is 0 Å². The van der Waals surface area contributed by atoms with E-state index in [-0.39, 0.29) is 18.4 Å². The topological polar surface area (TPSA) is 70.1 Å². The standard InChI is InChI=1S/C12H15N3O/c1-15(9-12(14)16)8-11(7-13)10-5-3-2-4-6-10/h2-6,11H,8-9H2,1H3,(H2,14,16). The van der Waals surface area contributed by atoms with Gasteiger partial charge < -0.3 is 5.73 Å². The molecule has 4 heteroatoms. The van der Waals surface area contributed by atoms with E-state index in [0.717, 1.165) is 5.56 Å². The lowest BCUT2D eigenvalue weighted by Crippen LogP contribution is -2.33. The number of primary amides is 1. The van der Waals surface area contributed by atoms with Crippen LogP contribution < -0.4 is 5.73 Å². The fourth-order valence-corrected chi connectivity index (χ4v) is 1.55. The van der Waals surface area contributed by atoms with Crippen LogP contribution in [0.3, 0.4) is 0 Å². The molecule has 0 aliphatic heterocycles. The number of nitrogens with zero attached hydrogens (tertiary/aromatic N) is 2. The summed E-state index contributed by atoms with van der Waals surface area (Å²) in [5.74, 6) is -0.613. The van der Waals surface area contributed by atoms with Gasteiger partial charge in [0.2, 0.25) is 5.91 Å². The van der Waals surface area contributed by atoms with Gasteiger partial charge in [0.05, 0.1) is 18.5 Å². The van der Waals surface area contributed by atoms with Gasteiger partial charge in [-0.3, -0.25) is 9.69 Å². The summed E-state index contributed by atoms with van der Waals surface area (Å²) in [6.07, 6.45) is 0. The Labute approximate surface area is 95.3 Å². The van der Waals surface area contributed by atoms with Gasteiger partial charge in [0.1, 0.15) is 0 Å². The number of likely N-dealkylation sites (N-methyl/N-ethyl adjacent to an activating group) is 1. The SMILES string of the molecule is CN(CC(N)=O)CC(C#N)c1ccccc1. The maximum Gasteiger partial charge on any atom is 0.231 e. The number of amides is 1. The Morgan fingerprint density at radius 3 is 2.62 bits per heavy atom. The largest absolute Gasteiger partial charge is 0.369 e. The van der Waals surface area contributed by atoms with E-state index in [1.165, 1.54) is 0 Å². The molecule has 0 fully saturated rings. The molecule has 0 saturated carbocycles. The first kappa shape index (κ1) is 12.2. The van der Waals surface area contributed by atoms with Gasteiger partial charge in [-0.05, 0) is 12.6 Å². The van der Waals surface area contributed by atoms with E-state index >= 15 is 0 Å². The molecule has 2 N–H and O–H groups in total. The maximum atomic E-state index is 10.7. The zero-order valence-electron chi connectivity index (χ0n) is 9.26. The summed E-state index contributed by atoms with van der Waals surface area (Å²) in [4.78, 5) is 12.5. The number of hydrogen-bond acceptors (Lipinski definition) is 3. The summed E-state index contributed by atoms with van der Waals surface area (Å²) in [5, 5.41) is 9.07. The third-order valence-corrected chi connectivity index (χ3v) is 2.28. The van der Waals surface area contributed by atoms with Crippen molar-refractivity contribution in [2.75, 3.05) is 20.1 Å². The highest BCUT2D eigenvalue weighted by molar-refractivity contribution is 5.75. The smallest absolute Gasteiger partial charge is 0.231 e. The Morgan fingerprint density at radius 1 is 1.50 bits per heavy atom. The monoisotopic (exact) mass is 217 g/mol. The lowest BCUT2D eigenvalue weighted by Gasteiger charge is -2.18. The van der Waals surface area contributed by atoms with Gasteiger partial charge in [-0.1, -0.05) is 30.3 Å². The Balaban J connectivity index is 2.64. The van der Waals surface area contributed by atoms with Crippen molar-refractivity contribution in [1.82, 2.24) is 4.90 Å². The van der Waals surface area contributed by atoms with Crippen molar-refractivity contribution in [2.45, 2.75) is 5.92 Å². The first-order chi connectivity index (χ1) is 7.63. The minimum atomic E-state index is -0.382. The predicted octanol–water partition coefficient (Wildman–Crippen LogP) is 0.711. The first-order valence-corrected chi connectivity index (χ1v) is 5.05. The zero-order valence-corrected chi connectivity index (χ0v) is 9.26. The molecule has 84 valence electrons. The number of rotatable bonds is 5. The summed E-state index contributed by atoms with van der Waals surface area (Å²) in [5.41, 5.74) is 6.05. The van der Waals surface area contributed by atoms with Gasteiger partial charge in [0, 0.05) is 6.54 Å². The van der Waals surface area contributed by atoms with Crippen molar-refractivity contribution in [3.8, 4) is 6.07 Å². The number of carbonyl (C=O) groups is 1. The minimum Gasteiger partial charge on any atom is -0.369 e. The fourth-order valence-electron chi connectivity index (χ4n) is 1.55. The number of benzene rings is 1. The second-order valence-corrected chi connectivity index (χ2v) is 3.76. The van der Waals surface area contributed by atoms with Crippen molar-refractivity contribution in [3.05, 3.63) is 35.9 Å². The normalized spacial score (nSPS) is 12.1. The van der Waals surface area contributed by atoms with E-state index in [9.17, 15) is 4.79 Å². The second kappa shape index (κ2) is 5.89. The van der Waals surface area contributed by atoms with Crippen molar-refractivity contribution < 1.29 is 4.79 Å². The highest BCUT2D eigenvalue weighted by Gasteiger charge is 2.13. The molecule has 1 unspecified atom stereocenters. The maximum absolute atomic E-state index is 10.7. The minimum absolute atomic E-state index is 0.172. The third kappa shape index (κ3) is 3.71. The van der Waals surface area contributed by atoms with Crippen LogP contribution in [-0.2, 0) is 4.79 Å². The van der Waals surface area contributed by atoms with Crippen LogP contribution in [0.5, 0.6) is 0 Å². The quantitative estimate of drug-likeness (QED) is 0.789. The molecule has 0 aromatic heterocycles. The Hall–Kier alpha value is -1.86. The molecule has 1 atom stereocenters. The average molecular weight is 217 g/mol. The van der Waals surface area contributed by atoms with Crippen LogP contribution in [-0.4, -0.2) is 30.9 Å². The lowest BCUT2D eigenvalue weighted by molar-refractivity contribution is -0.118. The van der Waals surface area contributed by atoms with Gasteiger partial charge in [-0.25, -0.2) is 0 Å². The predicted molar refractivity (Wildman–Crippen MR) is 61.5 cm³/mol. The van der Waals surface area contributed by atoms with Crippen molar-refractivity contribution >= 4 is 5.91 Å². The highest BCUT2D eigenvalue weighted by atomic mass is 16.1. The molecule has 16 heavy (non-hydrogen) atoms. The summed E-state index contributed by atoms with van der Waals surface area (Å²) in [6.45, 7) is 0.675. The molecule has 4 nitrogen and oxygen atoms in total. The summed E-state index contributed by atoms with van der Waals surface area (Å²) in [7, 11) is 1.78. The Morgan fingerprint density at radius 2 is 2.12 bits per heavy atom. The molecule has 0 saturated heterocycles. The van der Waals surface area contributed by atoms with Crippen molar-refractivity contribution in [1.29, 1.82) is 5.26 Å². The molecular formula is C12H15N3O. The van der Waals surface area contributed by atoms with Crippen LogP contribution in [0.1, 0.15) is 11.5 Å². The average Bonchev–Trinajstić information content (AvgIpc) is 2.26. The van der Waals surface area contributed by atoms with Gasteiger partial charge >= 0.3 is 0 Å². The molecule has 0 bridgehead atoms. The highest BCUT2D eigenvalue weighted by Crippen LogP contribution is 2.15.